The summed E-state index contributed by atoms with van der Waals surface area (Å²) >= 11 is 0. The van der Waals surface area contributed by atoms with E-state index in [1.807, 2.05) is 31.2 Å². The van der Waals surface area contributed by atoms with Gasteiger partial charge in [-0.3, -0.25) is 4.79 Å². The number of carbonyl (C=O) groups is 1. The van der Waals surface area contributed by atoms with Crippen LogP contribution in [0.5, 0.6) is 5.75 Å². The Morgan fingerprint density at radius 3 is 2.17 bits per heavy atom. The van der Waals surface area contributed by atoms with E-state index < -0.39 is 0 Å². The van der Waals surface area contributed by atoms with E-state index in [1.54, 1.807) is 24.3 Å². The summed E-state index contributed by atoms with van der Waals surface area (Å²) in [5, 5.41) is 17.1. The average Bonchev–Trinajstić information content (AvgIpc) is 2.75. The maximum absolute atomic E-state index is 11.6. The van der Waals surface area contributed by atoms with E-state index in [1.165, 1.54) is 0 Å². The van der Waals surface area contributed by atoms with E-state index in [-0.39, 0.29) is 5.97 Å². The van der Waals surface area contributed by atoms with Gasteiger partial charge in [0.2, 0.25) is 0 Å². The molecule has 6 nitrogen and oxygen atoms in total. The minimum Gasteiger partial charge on any atom is -0.494 e. The van der Waals surface area contributed by atoms with E-state index in [2.05, 4.69) is 22.9 Å². The summed E-state index contributed by atoms with van der Waals surface area (Å²) in [6.07, 6.45) is 3.74. The van der Waals surface area contributed by atoms with Gasteiger partial charge in [-0.05, 0) is 74.7 Å². The van der Waals surface area contributed by atoms with Crippen molar-refractivity contribution in [1.82, 2.24) is 0 Å². The second kappa shape index (κ2) is 12.9. The van der Waals surface area contributed by atoms with Crippen LogP contribution in [-0.4, -0.2) is 19.2 Å². The van der Waals surface area contributed by atoms with Crippen molar-refractivity contribution in [2.45, 2.75) is 39.0 Å². The smallest absolute Gasteiger partial charge is 0.305 e. The lowest BCUT2D eigenvalue weighted by molar-refractivity contribution is -0.143. The highest BCUT2D eigenvalue weighted by atomic mass is 16.5. The first-order valence-electron chi connectivity index (χ1n) is 10.0. The fraction of sp³-hybridized carbons (Fsp3) is 0.333. The molecule has 0 fully saturated rings. The number of nitriles is 1. The molecule has 2 aromatic carbocycles. The van der Waals surface area contributed by atoms with Crippen LogP contribution in [0.1, 0.15) is 44.6 Å². The largest absolute Gasteiger partial charge is 0.494 e. The number of ether oxygens (including phenoxy) is 2. The summed E-state index contributed by atoms with van der Waals surface area (Å²) in [6, 6.07) is 16.4. The van der Waals surface area contributed by atoms with Crippen LogP contribution in [0.15, 0.2) is 70.9 Å². The first-order valence-corrected chi connectivity index (χ1v) is 10.0. The SMILES string of the molecule is C=C(C)CCOC(=O)CCCCCOc1ccc(N=Nc2ccc(C#N)cc2)cc1. The van der Waals surface area contributed by atoms with Gasteiger partial charge in [0.05, 0.1) is 36.2 Å². The molecule has 0 unspecified atom stereocenters. The predicted molar refractivity (Wildman–Crippen MR) is 116 cm³/mol. The third kappa shape index (κ3) is 9.16. The number of esters is 1. The summed E-state index contributed by atoms with van der Waals surface area (Å²) in [5.74, 6) is 0.620. The van der Waals surface area contributed by atoms with Crippen LogP contribution in [0.2, 0.25) is 0 Å². The third-order valence-corrected chi connectivity index (χ3v) is 4.20. The zero-order valence-corrected chi connectivity index (χ0v) is 17.3. The van der Waals surface area contributed by atoms with Crippen molar-refractivity contribution >= 4 is 17.3 Å². The standard InChI is InChI=1S/C24H27N3O3/c1-19(2)15-17-30-24(28)6-4-3-5-16-29-23-13-11-22(12-14-23)27-26-21-9-7-20(18-25)8-10-21/h7-14H,1,3-6,15-17H2,2H3. The van der Waals surface area contributed by atoms with Crippen LogP contribution in [0.3, 0.4) is 0 Å². The molecule has 0 heterocycles. The normalized spacial score (nSPS) is 10.5. The minimum absolute atomic E-state index is 0.150. The van der Waals surface area contributed by atoms with E-state index in [0.29, 0.717) is 30.9 Å². The Hall–Kier alpha value is -3.46. The number of unbranched alkanes of at least 4 members (excludes halogenated alkanes) is 2. The molecule has 2 aromatic rings. The highest BCUT2D eigenvalue weighted by Gasteiger charge is 2.03. The molecule has 0 bridgehead atoms. The maximum atomic E-state index is 11.6. The molecule has 30 heavy (non-hydrogen) atoms. The molecule has 0 amide bonds. The lowest BCUT2D eigenvalue weighted by Gasteiger charge is -2.07. The summed E-state index contributed by atoms with van der Waals surface area (Å²) in [6.45, 7) is 6.71. The molecule has 0 saturated carbocycles. The van der Waals surface area contributed by atoms with Gasteiger partial charge in [0.1, 0.15) is 5.75 Å². The number of hydrogen-bond donors (Lipinski definition) is 0. The molecule has 6 heteroatoms. The quantitative estimate of drug-likeness (QED) is 0.176. The molecule has 156 valence electrons. The minimum atomic E-state index is -0.150. The maximum Gasteiger partial charge on any atom is 0.305 e. The summed E-state index contributed by atoms with van der Waals surface area (Å²) in [7, 11) is 0. The van der Waals surface area contributed by atoms with Gasteiger partial charge < -0.3 is 9.47 Å². The lowest BCUT2D eigenvalue weighted by Crippen LogP contribution is -2.06. The van der Waals surface area contributed by atoms with Crippen LogP contribution in [0.4, 0.5) is 11.4 Å². The second-order valence-corrected chi connectivity index (χ2v) is 6.94. The molecule has 0 spiro atoms. The Balaban J connectivity index is 1.61. The zero-order valence-electron chi connectivity index (χ0n) is 17.3. The fourth-order valence-corrected chi connectivity index (χ4v) is 2.48. The molecule has 0 N–H and O–H groups in total. The molecular weight excluding hydrogens is 378 g/mol. The van der Waals surface area contributed by atoms with E-state index in [9.17, 15) is 4.79 Å². The van der Waals surface area contributed by atoms with Crippen molar-refractivity contribution in [1.29, 1.82) is 5.26 Å². The second-order valence-electron chi connectivity index (χ2n) is 6.94. The topological polar surface area (TPSA) is 84.0 Å². The van der Waals surface area contributed by atoms with Gasteiger partial charge in [0.25, 0.3) is 0 Å². The molecule has 0 radical (unpaired) electrons. The molecule has 0 saturated heterocycles. The number of rotatable bonds is 12. The van der Waals surface area contributed by atoms with Crippen LogP contribution in [0, 0.1) is 11.3 Å². The monoisotopic (exact) mass is 405 g/mol. The van der Waals surface area contributed by atoms with Gasteiger partial charge in [0, 0.05) is 12.8 Å². The van der Waals surface area contributed by atoms with E-state index in [4.69, 9.17) is 14.7 Å². The van der Waals surface area contributed by atoms with Gasteiger partial charge >= 0.3 is 5.97 Å². The summed E-state index contributed by atoms with van der Waals surface area (Å²) in [5.41, 5.74) is 3.02. The van der Waals surface area contributed by atoms with Gasteiger partial charge in [-0.15, -0.1) is 6.58 Å². The Labute approximate surface area is 177 Å². The zero-order chi connectivity index (χ0) is 21.6. The lowest BCUT2D eigenvalue weighted by atomic mass is 10.2. The first kappa shape index (κ1) is 22.8. The van der Waals surface area contributed by atoms with Gasteiger partial charge in [-0.25, -0.2) is 0 Å². The van der Waals surface area contributed by atoms with Crippen molar-refractivity contribution in [3.05, 3.63) is 66.2 Å². The van der Waals surface area contributed by atoms with E-state index in [0.717, 1.165) is 42.7 Å². The van der Waals surface area contributed by atoms with E-state index >= 15 is 0 Å². The predicted octanol–water partition coefficient (Wildman–Crippen LogP) is 6.42. The Morgan fingerprint density at radius 1 is 0.933 bits per heavy atom. The molecule has 0 aliphatic rings. The van der Waals surface area contributed by atoms with Crippen LogP contribution in [0.25, 0.3) is 0 Å². The highest BCUT2D eigenvalue weighted by molar-refractivity contribution is 5.69. The van der Waals surface area contributed by atoms with Crippen molar-refractivity contribution in [3.8, 4) is 11.8 Å². The summed E-state index contributed by atoms with van der Waals surface area (Å²) < 4.78 is 10.9. The number of carbonyl (C=O) groups excluding carboxylic acids is 1. The third-order valence-electron chi connectivity index (χ3n) is 4.20. The number of nitrogens with zero attached hydrogens (tertiary/aromatic N) is 3. The molecule has 2 rings (SSSR count). The number of hydrogen-bond acceptors (Lipinski definition) is 6. The van der Waals surface area contributed by atoms with Crippen molar-refractivity contribution in [2.24, 2.45) is 10.2 Å². The van der Waals surface area contributed by atoms with Crippen molar-refractivity contribution < 1.29 is 14.3 Å². The number of benzene rings is 2. The van der Waals surface area contributed by atoms with Crippen LogP contribution < -0.4 is 4.74 Å². The molecule has 0 aliphatic heterocycles. The molecule has 0 aromatic heterocycles. The van der Waals surface area contributed by atoms with Gasteiger partial charge in [-0.1, -0.05) is 5.57 Å². The molecule has 0 atom stereocenters. The molecule has 0 aliphatic carbocycles. The van der Waals surface area contributed by atoms with Crippen molar-refractivity contribution in [3.63, 3.8) is 0 Å². The molecular formula is C24H27N3O3. The Kier molecular flexibility index (Phi) is 9.81. The van der Waals surface area contributed by atoms with Gasteiger partial charge in [0.15, 0.2) is 0 Å². The fourth-order valence-electron chi connectivity index (χ4n) is 2.48. The summed E-state index contributed by atoms with van der Waals surface area (Å²) in [4.78, 5) is 11.6. The van der Waals surface area contributed by atoms with Crippen LogP contribution >= 0.6 is 0 Å². The highest BCUT2D eigenvalue weighted by Crippen LogP contribution is 2.21. The van der Waals surface area contributed by atoms with Crippen molar-refractivity contribution in [2.75, 3.05) is 13.2 Å². The Bertz CT molecular complexity index is 881. The first-order chi connectivity index (χ1) is 14.6. The average molecular weight is 405 g/mol. The van der Waals surface area contributed by atoms with Gasteiger partial charge in [-0.2, -0.15) is 15.5 Å². The van der Waals surface area contributed by atoms with Crippen LogP contribution in [-0.2, 0) is 9.53 Å². The Morgan fingerprint density at radius 2 is 1.57 bits per heavy atom. The number of azo groups is 1.